The summed E-state index contributed by atoms with van der Waals surface area (Å²) in [6, 6.07) is 3.97. The number of fused-ring (bicyclic) bond motifs is 1. The molecule has 3 rings (SSSR count). The van der Waals surface area contributed by atoms with E-state index in [9.17, 15) is 0 Å². The summed E-state index contributed by atoms with van der Waals surface area (Å²) in [6.07, 6.45) is 1.82. The molecule has 2 heterocycles. The van der Waals surface area contributed by atoms with Crippen LogP contribution in [0.25, 0.3) is 0 Å². The van der Waals surface area contributed by atoms with E-state index in [1.165, 1.54) is 0 Å². The Labute approximate surface area is 118 Å². The molecule has 5 heteroatoms. The molecule has 110 valence electrons. The first-order chi connectivity index (χ1) is 9.72. The summed E-state index contributed by atoms with van der Waals surface area (Å²) in [7, 11) is 0. The maximum absolute atomic E-state index is 5.98. The quantitative estimate of drug-likeness (QED) is 0.889. The number of ether oxygens (including phenoxy) is 4. The van der Waals surface area contributed by atoms with E-state index in [1.54, 1.807) is 0 Å². The summed E-state index contributed by atoms with van der Waals surface area (Å²) in [5, 5.41) is 0. The molecule has 0 spiro atoms. The van der Waals surface area contributed by atoms with Crippen LogP contribution < -0.4 is 19.9 Å². The second-order valence-electron chi connectivity index (χ2n) is 5.54. The van der Waals surface area contributed by atoms with Crippen LogP contribution in [0.2, 0.25) is 0 Å². The molecule has 2 unspecified atom stereocenters. The average Bonchev–Trinajstić information content (AvgIpc) is 3.05. The molecule has 0 amide bonds. The van der Waals surface area contributed by atoms with Crippen LogP contribution in [0.15, 0.2) is 12.1 Å². The highest BCUT2D eigenvalue weighted by molar-refractivity contribution is 5.52. The van der Waals surface area contributed by atoms with Gasteiger partial charge >= 0.3 is 0 Å². The van der Waals surface area contributed by atoms with Gasteiger partial charge in [-0.3, -0.25) is 0 Å². The van der Waals surface area contributed by atoms with Crippen molar-refractivity contribution in [1.29, 1.82) is 0 Å². The Hall–Kier alpha value is -1.46. The largest absolute Gasteiger partial charge is 0.493 e. The van der Waals surface area contributed by atoms with Crippen molar-refractivity contribution in [2.45, 2.75) is 25.8 Å². The van der Waals surface area contributed by atoms with Crippen molar-refractivity contribution < 1.29 is 18.9 Å². The van der Waals surface area contributed by atoms with Crippen LogP contribution in [0.5, 0.6) is 17.2 Å². The molecule has 1 saturated heterocycles. The maximum atomic E-state index is 5.98. The van der Waals surface area contributed by atoms with Gasteiger partial charge < -0.3 is 24.7 Å². The minimum absolute atomic E-state index is 0.0764. The molecule has 0 radical (unpaired) electrons. The highest BCUT2D eigenvalue weighted by Gasteiger charge is 2.21. The molecule has 1 aromatic rings. The predicted octanol–water partition coefficient (Wildman–Crippen LogP) is 1.72. The van der Waals surface area contributed by atoms with Gasteiger partial charge in [0.1, 0.15) is 5.75 Å². The van der Waals surface area contributed by atoms with Crippen LogP contribution in [0.4, 0.5) is 0 Å². The summed E-state index contributed by atoms with van der Waals surface area (Å²) in [4.78, 5) is 0. The molecule has 1 fully saturated rings. The first-order valence-electron chi connectivity index (χ1n) is 7.11. The van der Waals surface area contributed by atoms with Crippen LogP contribution in [0, 0.1) is 5.92 Å². The lowest BCUT2D eigenvalue weighted by atomic mass is 10.1. The van der Waals surface area contributed by atoms with Crippen LogP contribution >= 0.6 is 0 Å². The lowest BCUT2D eigenvalue weighted by Gasteiger charge is -2.16. The van der Waals surface area contributed by atoms with Crippen molar-refractivity contribution in [2.24, 2.45) is 11.7 Å². The van der Waals surface area contributed by atoms with Gasteiger partial charge in [-0.25, -0.2) is 0 Å². The lowest BCUT2D eigenvalue weighted by molar-refractivity contribution is 0.166. The standard InChI is InChI=1S/C15H21NO4/c1-10(16)4-12-5-14-15(20-9-19-14)6-13(12)18-8-11-2-3-17-7-11/h5-6,10-11H,2-4,7-9,16H2,1H3. The molecule has 2 atom stereocenters. The molecule has 20 heavy (non-hydrogen) atoms. The van der Waals surface area contributed by atoms with Gasteiger partial charge in [-0.05, 0) is 31.4 Å². The van der Waals surface area contributed by atoms with Gasteiger partial charge in [0, 0.05) is 24.6 Å². The zero-order chi connectivity index (χ0) is 13.9. The molecular weight excluding hydrogens is 258 g/mol. The van der Waals surface area contributed by atoms with E-state index in [-0.39, 0.29) is 12.8 Å². The van der Waals surface area contributed by atoms with Gasteiger partial charge in [-0.15, -0.1) is 0 Å². The first-order valence-corrected chi connectivity index (χ1v) is 7.11. The minimum Gasteiger partial charge on any atom is -0.493 e. The number of rotatable bonds is 5. The Bertz CT molecular complexity index is 469. The van der Waals surface area contributed by atoms with E-state index in [0.29, 0.717) is 12.5 Å². The Morgan fingerprint density at radius 2 is 2.15 bits per heavy atom. The van der Waals surface area contributed by atoms with E-state index in [4.69, 9.17) is 24.7 Å². The molecule has 0 aromatic heterocycles. The third-order valence-electron chi connectivity index (χ3n) is 3.60. The minimum atomic E-state index is 0.0764. The van der Waals surface area contributed by atoms with Crippen molar-refractivity contribution in [1.82, 2.24) is 0 Å². The van der Waals surface area contributed by atoms with Crippen LogP contribution in [0.1, 0.15) is 18.9 Å². The summed E-state index contributed by atoms with van der Waals surface area (Å²) in [5.41, 5.74) is 6.98. The number of nitrogens with two attached hydrogens (primary N) is 1. The summed E-state index contributed by atoms with van der Waals surface area (Å²) >= 11 is 0. The Balaban J connectivity index is 1.75. The van der Waals surface area contributed by atoms with E-state index >= 15 is 0 Å². The van der Waals surface area contributed by atoms with Gasteiger partial charge in [0.15, 0.2) is 11.5 Å². The molecule has 5 nitrogen and oxygen atoms in total. The third-order valence-corrected chi connectivity index (χ3v) is 3.60. The topological polar surface area (TPSA) is 62.9 Å². The fourth-order valence-electron chi connectivity index (χ4n) is 2.53. The van der Waals surface area contributed by atoms with Crippen molar-refractivity contribution in [3.63, 3.8) is 0 Å². The van der Waals surface area contributed by atoms with E-state index in [2.05, 4.69) is 0 Å². The molecule has 1 aromatic carbocycles. The smallest absolute Gasteiger partial charge is 0.231 e. The van der Waals surface area contributed by atoms with Crippen molar-refractivity contribution in [3.8, 4) is 17.2 Å². The SMILES string of the molecule is CC(N)Cc1cc2c(cc1OCC1CCOC1)OCO2. The van der Waals surface area contributed by atoms with Gasteiger partial charge in [0.05, 0.1) is 13.2 Å². The van der Waals surface area contributed by atoms with E-state index in [1.807, 2.05) is 19.1 Å². The molecule has 2 aliphatic heterocycles. The monoisotopic (exact) mass is 279 g/mol. The van der Waals surface area contributed by atoms with E-state index in [0.717, 1.165) is 48.9 Å². The van der Waals surface area contributed by atoms with Crippen LogP contribution in [-0.2, 0) is 11.2 Å². The highest BCUT2D eigenvalue weighted by Crippen LogP contribution is 2.38. The van der Waals surface area contributed by atoms with Crippen molar-refractivity contribution in [3.05, 3.63) is 17.7 Å². The zero-order valence-electron chi connectivity index (χ0n) is 11.8. The average molecular weight is 279 g/mol. The Morgan fingerprint density at radius 3 is 2.85 bits per heavy atom. The van der Waals surface area contributed by atoms with E-state index < -0.39 is 0 Å². The fourth-order valence-corrected chi connectivity index (χ4v) is 2.53. The van der Waals surface area contributed by atoms with Crippen molar-refractivity contribution in [2.75, 3.05) is 26.6 Å². The van der Waals surface area contributed by atoms with Crippen LogP contribution in [-0.4, -0.2) is 32.7 Å². The highest BCUT2D eigenvalue weighted by atomic mass is 16.7. The first kappa shape index (κ1) is 13.5. The lowest BCUT2D eigenvalue weighted by Crippen LogP contribution is -2.19. The molecule has 0 saturated carbocycles. The van der Waals surface area contributed by atoms with Crippen molar-refractivity contribution >= 4 is 0 Å². The Morgan fingerprint density at radius 1 is 1.35 bits per heavy atom. The molecule has 2 N–H and O–H groups in total. The van der Waals surface area contributed by atoms with Gasteiger partial charge in [-0.1, -0.05) is 0 Å². The number of hydrogen-bond donors (Lipinski definition) is 1. The summed E-state index contributed by atoms with van der Waals surface area (Å²) < 4.78 is 22.2. The maximum Gasteiger partial charge on any atom is 0.231 e. The predicted molar refractivity (Wildman–Crippen MR) is 74.3 cm³/mol. The van der Waals surface area contributed by atoms with Gasteiger partial charge in [0.2, 0.25) is 6.79 Å². The number of hydrogen-bond acceptors (Lipinski definition) is 5. The second-order valence-corrected chi connectivity index (χ2v) is 5.54. The number of benzene rings is 1. The second kappa shape index (κ2) is 5.89. The summed E-state index contributed by atoms with van der Waals surface area (Å²) in [6.45, 7) is 4.55. The third kappa shape index (κ3) is 2.99. The Kier molecular flexibility index (Phi) is 3.98. The summed E-state index contributed by atoms with van der Waals surface area (Å²) in [5.74, 6) is 2.84. The molecule has 0 bridgehead atoms. The zero-order valence-corrected chi connectivity index (χ0v) is 11.8. The van der Waals surface area contributed by atoms with Crippen LogP contribution in [0.3, 0.4) is 0 Å². The molecule has 0 aliphatic carbocycles. The van der Waals surface area contributed by atoms with Gasteiger partial charge in [0.25, 0.3) is 0 Å². The van der Waals surface area contributed by atoms with Gasteiger partial charge in [-0.2, -0.15) is 0 Å². The molecule has 2 aliphatic rings. The normalized spacial score (nSPS) is 22.0. The fraction of sp³-hybridized carbons (Fsp3) is 0.600. The molecular formula is C15H21NO4.